The summed E-state index contributed by atoms with van der Waals surface area (Å²) in [5, 5.41) is 6.14. The summed E-state index contributed by atoms with van der Waals surface area (Å²) >= 11 is 6.04. The lowest BCUT2D eigenvalue weighted by molar-refractivity contribution is -0.142. The highest BCUT2D eigenvalue weighted by Gasteiger charge is 2.31. The first kappa shape index (κ1) is 27.3. The molecule has 2 aromatic rings. The Morgan fingerprint density at radius 3 is 2.44 bits per heavy atom. The first-order valence-corrected chi connectivity index (χ1v) is 11.7. The lowest BCUT2D eigenvalue weighted by Crippen LogP contribution is -2.45. The molecule has 0 aliphatic rings. The molecule has 2 rings (SSSR count). The maximum absolute atomic E-state index is 13.2. The first-order valence-electron chi connectivity index (χ1n) is 11.3. The number of ether oxygens (including phenoxy) is 1. The van der Waals surface area contributed by atoms with Gasteiger partial charge in [0.15, 0.2) is 0 Å². The van der Waals surface area contributed by atoms with E-state index in [0.717, 1.165) is 6.42 Å². The number of carbonyl (C=O) groups excluding carboxylic acids is 3. The van der Waals surface area contributed by atoms with Gasteiger partial charge in [-0.1, -0.05) is 43.6 Å². The maximum atomic E-state index is 13.2. The molecule has 0 bridgehead atoms. The van der Waals surface area contributed by atoms with Crippen LogP contribution in [0.3, 0.4) is 0 Å². The molecule has 0 saturated heterocycles. The van der Waals surface area contributed by atoms with Crippen molar-refractivity contribution in [2.24, 2.45) is 5.92 Å². The fourth-order valence-electron chi connectivity index (χ4n) is 3.29. The number of carbonyl (C=O) groups is 3. The Kier molecular flexibility index (Phi) is 11.5. The van der Waals surface area contributed by atoms with Gasteiger partial charge in [0.1, 0.15) is 11.9 Å². The van der Waals surface area contributed by atoms with E-state index in [9.17, 15) is 14.4 Å². The van der Waals surface area contributed by atoms with Crippen LogP contribution in [0.1, 0.15) is 44.7 Å². The van der Waals surface area contributed by atoms with Crippen LogP contribution >= 0.6 is 11.6 Å². The average molecular weight is 489 g/mol. The number of pyridine rings is 1. The topological polar surface area (TPSA) is 101 Å². The molecule has 2 N–H and O–H groups in total. The zero-order valence-corrected chi connectivity index (χ0v) is 20.7. The van der Waals surface area contributed by atoms with Crippen LogP contribution in [-0.4, -0.2) is 54.4 Å². The number of aromatic nitrogens is 1. The maximum Gasteiger partial charge on any atom is 0.247 e. The normalized spacial score (nSPS) is 11.7. The van der Waals surface area contributed by atoms with E-state index in [0.29, 0.717) is 28.9 Å². The van der Waals surface area contributed by atoms with Crippen LogP contribution in [0.5, 0.6) is 0 Å². The minimum absolute atomic E-state index is 0.0405. The third kappa shape index (κ3) is 9.11. The Hall–Kier alpha value is -2.97. The number of rotatable bonds is 13. The number of hydrogen-bond acceptors (Lipinski definition) is 5. The molecule has 0 fully saturated rings. The fourth-order valence-corrected chi connectivity index (χ4v) is 3.42. The van der Waals surface area contributed by atoms with Gasteiger partial charge in [-0.3, -0.25) is 14.4 Å². The second-order valence-electron chi connectivity index (χ2n) is 8.27. The molecule has 34 heavy (non-hydrogen) atoms. The summed E-state index contributed by atoms with van der Waals surface area (Å²) in [6, 6.07) is 11.1. The van der Waals surface area contributed by atoms with Crippen molar-refractivity contribution < 1.29 is 19.1 Å². The van der Waals surface area contributed by atoms with Gasteiger partial charge in [0.25, 0.3) is 0 Å². The molecule has 9 heteroatoms. The van der Waals surface area contributed by atoms with Crippen LogP contribution in [0.2, 0.25) is 5.02 Å². The predicted molar refractivity (Wildman–Crippen MR) is 132 cm³/mol. The van der Waals surface area contributed by atoms with Crippen LogP contribution in [0.25, 0.3) is 0 Å². The minimum atomic E-state index is -0.870. The Bertz CT molecular complexity index is 922. The molecule has 0 saturated carbocycles. The fraction of sp³-hybridized carbons (Fsp3) is 0.440. The summed E-state index contributed by atoms with van der Waals surface area (Å²) < 4.78 is 5.19. The molecular formula is C25H33ClN4O4. The number of nitrogens with one attached hydrogen (secondary N) is 2. The third-order valence-electron chi connectivity index (χ3n) is 5.12. The SMILES string of the molecule is COCCN(C(=O)CCC(=O)Nc1ccccn1)[C@H](C(=O)NCCC(C)C)c1ccc(Cl)cc1. The summed E-state index contributed by atoms with van der Waals surface area (Å²) in [7, 11) is 1.53. The highest BCUT2D eigenvalue weighted by molar-refractivity contribution is 6.30. The largest absolute Gasteiger partial charge is 0.383 e. The number of hydrogen-bond donors (Lipinski definition) is 2. The van der Waals surface area contributed by atoms with E-state index >= 15 is 0 Å². The van der Waals surface area contributed by atoms with E-state index in [1.165, 1.54) is 12.0 Å². The van der Waals surface area contributed by atoms with E-state index in [-0.39, 0.29) is 43.7 Å². The number of anilines is 1. The molecule has 0 aliphatic heterocycles. The molecule has 0 radical (unpaired) electrons. The van der Waals surface area contributed by atoms with E-state index < -0.39 is 6.04 Å². The second-order valence-corrected chi connectivity index (χ2v) is 8.71. The third-order valence-corrected chi connectivity index (χ3v) is 5.37. The first-order chi connectivity index (χ1) is 16.3. The van der Waals surface area contributed by atoms with Gasteiger partial charge in [0.05, 0.1) is 6.61 Å². The Labute approximate surface area is 206 Å². The highest BCUT2D eigenvalue weighted by atomic mass is 35.5. The number of nitrogens with zero attached hydrogens (tertiary/aromatic N) is 2. The highest BCUT2D eigenvalue weighted by Crippen LogP contribution is 2.24. The van der Waals surface area contributed by atoms with E-state index in [2.05, 4.69) is 29.5 Å². The molecule has 1 heterocycles. The molecule has 8 nitrogen and oxygen atoms in total. The number of methoxy groups -OCH3 is 1. The quantitative estimate of drug-likeness (QED) is 0.446. The van der Waals surface area contributed by atoms with Crippen molar-refractivity contribution in [3.8, 4) is 0 Å². The molecule has 1 atom stereocenters. The molecular weight excluding hydrogens is 456 g/mol. The molecule has 0 unspecified atom stereocenters. The molecule has 184 valence electrons. The lowest BCUT2D eigenvalue weighted by atomic mass is 10.0. The summed E-state index contributed by atoms with van der Waals surface area (Å²) in [5.74, 6) is -0.0985. The number of benzene rings is 1. The van der Waals surface area contributed by atoms with Gasteiger partial charge in [-0.2, -0.15) is 0 Å². The van der Waals surface area contributed by atoms with Gasteiger partial charge in [-0.15, -0.1) is 0 Å². The summed E-state index contributed by atoms with van der Waals surface area (Å²) in [6.07, 6.45) is 2.29. The van der Waals surface area contributed by atoms with E-state index in [1.54, 1.807) is 48.7 Å². The zero-order chi connectivity index (χ0) is 24.9. The number of amides is 3. The smallest absolute Gasteiger partial charge is 0.247 e. The van der Waals surface area contributed by atoms with E-state index in [4.69, 9.17) is 16.3 Å². The van der Waals surface area contributed by atoms with Gasteiger partial charge in [0.2, 0.25) is 17.7 Å². The van der Waals surface area contributed by atoms with Crippen LogP contribution in [-0.2, 0) is 19.1 Å². The standard InChI is InChI=1S/C25H33ClN4O4/c1-18(2)13-15-28-25(33)24(19-7-9-20(26)10-8-19)30(16-17-34-3)23(32)12-11-22(31)29-21-6-4-5-14-27-21/h4-10,14,18,24H,11-13,15-17H2,1-3H3,(H,28,33)(H,27,29,31)/t24-/m0/s1. The summed E-state index contributed by atoms with van der Waals surface area (Å²) in [5.41, 5.74) is 0.633. The van der Waals surface area contributed by atoms with Crippen molar-refractivity contribution >= 4 is 35.1 Å². The van der Waals surface area contributed by atoms with Crippen LogP contribution in [0, 0.1) is 5.92 Å². The van der Waals surface area contributed by atoms with Crippen molar-refractivity contribution in [2.75, 3.05) is 32.1 Å². The monoisotopic (exact) mass is 488 g/mol. The Morgan fingerprint density at radius 2 is 1.82 bits per heavy atom. The molecule has 3 amide bonds. The summed E-state index contributed by atoms with van der Waals surface area (Å²) in [4.78, 5) is 44.3. The Morgan fingerprint density at radius 1 is 1.09 bits per heavy atom. The minimum Gasteiger partial charge on any atom is -0.383 e. The Balaban J connectivity index is 2.18. The van der Waals surface area contributed by atoms with Gasteiger partial charge >= 0.3 is 0 Å². The van der Waals surface area contributed by atoms with Gasteiger partial charge in [0, 0.05) is 44.3 Å². The summed E-state index contributed by atoms with van der Waals surface area (Å²) in [6.45, 7) is 5.09. The number of halogens is 1. The van der Waals surface area contributed by atoms with Gasteiger partial charge in [-0.05, 0) is 42.2 Å². The lowest BCUT2D eigenvalue weighted by Gasteiger charge is -2.31. The van der Waals surface area contributed by atoms with Crippen LogP contribution in [0.4, 0.5) is 5.82 Å². The van der Waals surface area contributed by atoms with Crippen molar-refractivity contribution in [2.45, 2.75) is 39.2 Å². The van der Waals surface area contributed by atoms with Crippen molar-refractivity contribution in [1.29, 1.82) is 0 Å². The van der Waals surface area contributed by atoms with Crippen molar-refractivity contribution in [3.63, 3.8) is 0 Å². The van der Waals surface area contributed by atoms with Crippen molar-refractivity contribution in [3.05, 3.63) is 59.2 Å². The van der Waals surface area contributed by atoms with Crippen LogP contribution in [0.15, 0.2) is 48.7 Å². The molecule has 0 aliphatic carbocycles. The average Bonchev–Trinajstić information content (AvgIpc) is 2.81. The molecule has 0 spiro atoms. The van der Waals surface area contributed by atoms with Crippen molar-refractivity contribution in [1.82, 2.24) is 15.2 Å². The predicted octanol–water partition coefficient (Wildman–Crippen LogP) is 3.83. The van der Waals surface area contributed by atoms with Gasteiger partial charge in [-0.25, -0.2) is 4.98 Å². The molecule has 1 aromatic carbocycles. The van der Waals surface area contributed by atoms with Gasteiger partial charge < -0.3 is 20.3 Å². The van der Waals surface area contributed by atoms with E-state index in [1.807, 2.05) is 0 Å². The second kappa shape index (κ2) is 14.3. The zero-order valence-electron chi connectivity index (χ0n) is 19.9. The van der Waals surface area contributed by atoms with Crippen LogP contribution < -0.4 is 10.6 Å². The molecule has 1 aromatic heterocycles.